The van der Waals surface area contributed by atoms with Crippen molar-refractivity contribution in [2.45, 2.75) is 19.9 Å². The van der Waals surface area contributed by atoms with E-state index in [1.165, 1.54) is 5.52 Å². The number of carboxylic acids is 1. The van der Waals surface area contributed by atoms with Crippen molar-refractivity contribution in [2.75, 3.05) is 0 Å². The molecule has 4 heteroatoms. The lowest BCUT2D eigenvalue weighted by Crippen LogP contribution is -2.12. The molecule has 0 amide bonds. The zero-order chi connectivity index (χ0) is 16.6. The van der Waals surface area contributed by atoms with Gasteiger partial charge in [-0.05, 0) is 43.2 Å². The Morgan fingerprint density at radius 1 is 0.957 bits per heavy atom. The molecule has 0 saturated heterocycles. The number of carbonyl (C=O) groups is 2. The number of hydrogen-bond donors (Lipinski definition) is 1. The Morgan fingerprint density at radius 2 is 1.61 bits per heavy atom. The molecular formula is C19H17NO3. The van der Waals surface area contributed by atoms with Crippen LogP contribution in [0, 0.1) is 0 Å². The number of Topliss-reactive ketones (excluding diaryl/α,β-unsaturated/α-hetero) is 1. The molecule has 116 valence electrons. The molecule has 0 fully saturated rings. The molecular weight excluding hydrogens is 290 g/mol. The number of fused-ring (bicyclic) bond motifs is 1. The van der Waals surface area contributed by atoms with Crippen molar-refractivity contribution in [3.05, 3.63) is 60.3 Å². The van der Waals surface area contributed by atoms with Gasteiger partial charge in [0, 0.05) is 28.7 Å². The first-order valence-corrected chi connectivity index (χ1v) is 7.46. The second kappa shape index (κ2) is 5.72. The lowest BCUT2D eigenvalue weighted by molar-refractivity contribution is -0.131. The molecule has 0 aliphatic carbocycles. The number of aliphatic carboxylic acids is 1. The number of aromatic nitrogens is 1. The Labute approximate surface area is 134 Å². The van der Waals surface area contributed by atoms with Gasteiger partial charge in [-0.25, -0.2) is 4.79 Å². The fraction of sp³-hybridized carbons (Fsp3) is 0.158. The van der Waals surface area contributed by atoms with Gasteiger partial charge in [-0.1, -0.05) is 30.3 Å². The molecule has 0 aliphatic rings. The van der Waals surface area contributed by atoms with Gasteiger partial charge < -0.3 is 9.67 Å². The fourth-order valence-electron chi connectivity index (χ4n) is 2.73. The molecule has 0 bridgehead atoms. The smallest absolute Gasteiger partial charge is 0.377 e. The van der Waals surface area contributed by atoms with Crippen LogP contribution in [0.1, 0.15) is 30.2 Å². The van der Waals surface area contributed by atoms with E-state index in [2.05, 4.69) is 42.8 Å². The van der Waals surface area contributed by atoms with E-state index in [0.29, 0.717) is 6.04 Å². The standard InChI is InChI=1S/C19H17NO3/c1-12(2)20-10-9-16-11-15(7-8-17(16)20)13-3-5-14(6-4-13)18(21)19(22)23/h3-12H,1-2H3,(H,22,23). The van der Waals surface area contributed by atoms with E-state index in [4.69, 9.17) is 5.11 Å². The molecule has 3 aromatic rings. The van der Waals surface area contributed by atoms with Crippen molar-refractivity contribution in [2.24, 2.45) is 0 Å². The van der Waals surface area contributed by atoms with Crippen LogP contribution in [-0.2, 0) is 4.79 Å². The van der Waals surface area contributed by atoms with E-state index < -0.39 is 11.8 Å². The number of hydrogen-bond acceptors (Lipinski definition) is 2. The van der Waals surface area contributed by atoms with E-state index in [9.17, 15) is 9.59 Å². The highest BCUT2D eigenvalue weighted by molar-refractivity contribution is 6.39. The van der Waals surface area contributed by atoms with Crippen LogP contribution in [0.25, 0.3) is 22.0 Å². The van der Waals surface area contributed by atoms with Crippen LogP contribution >= 0.6 is 0 Å². The van der Waals surface area contributed by atoms with Gasteiger partial charge in [0.1, 0.15) is 0 Å². The molecule has 23 heavy (non-hydrogen) atoms. The SMILES string of the molecule is CC(C)n1ccc2cc(-c3ccc(C(=O)C(=O)O)cc3)ccc21. The lowest BCUT2D eigenvalue weighted by atomic mass is 10.0. The van der Waals surface area contributed by atoms with Crippen LogP contribution in [0.3, 0.4) is 0 Å². The molecule has 2 aromatic carbocycles. The van der Waals surface area contributed by atoms with E-state index >= 15 is 0 Å². The monoisotopic (exact) mass is 307 g/mol. The summed E-state index contributed by atoms with van der Waals surface area (Å²) < 4.78 is 2.22. The maximum atomic E-state index is 11.4. The van der Waals surface area contributed by atoms with Gasteiger partial charge in [-0.15, -0.1) is 0 Å². The van der Waals surface area contributed by atoms with Crippen LogP contribution < -0.4 is 0 Å². The summed E-state index contributed by atoms with van der Waals surface area (Å²) in [4.78, 5) is 22.1. The molecule has 4 nitrogen and oxygen atoms in total. The van der Waals surface area contributed by atoms with E-state index in [1.807, 2.05) is 6.07 Å². The zero-order valence-electron chi connectivity index (χ0n) is 13.0. The Bertz CT molecular complexity index is 889. The molecule has 3 rings (SSSR count). The molecule has 0 saturated carbocycles. The third-order valence-electron chi connectivity index (χ3n) is 3.95. The van der Waals surface area contributed by atoms with E-state index in [0.717, 1.165) is 16.5 Å². The average Bonchev–Trinajstić information content (AvgIpc) is 2.97. The summed E-state index contributed by atoms with van der Waals surface area (Å²) in [6.07, 6.45) is 2.08. The Kier molecular flexibility index (Phi) is 3.74. The zero-order valence-corrected chi connectivity index (χ0v) is 13.0. The maximum Gasteiger partial charge on any atom is 0.377 e. The number of ketones is 1. The van der Waals surface area contributed by atoms with Crippen LogP contribution in [0.2, 0.25) is 0 Å². The number of carbonyl (C=O) groups excluding carboxylic acids is 1. The molecule has 1 N–H and O–H groups in total. The van der Waals surface area contributed by atoms with Crippen LogP contribution in [0.15, 0.2) is 54.7 Å². The summed E-state index contributed by atoms with van der Waals surface area (Å²) in [5, 5.41) is 9.89. The van der Waals surface area contributed by atoms with Gasteiger partial charge in [0.05, 0.1) is 0 Å². The molecule has 0 spiro atoms. The van der Waals surface area contributed by atoms with E-state index in [-0.39, 0.29) is 5.56 Å². The highest BCUT2D eigenvalue weighted by Crippen LogP contribution is 2.27. The van der Waals surface area contributed by atoms with Crippen LogP contribution in [0.5, 0.6) is 0 Å². The second-order valence-corrected chi connectivity index (χ2v) is 5.80. The van der Waals surface area contributed by atoms with Gasteiger partial charge in [0.25, 0.3) is 5.78 Å². The molecule has 0 aliphatic heterocycles. The minimum absolute atomic E-state index is 0.188. The highest BCUT2D eigenvalue weighted by atomic mass is 16.4. The molecule has 0 radical (unpaired) electrons. The minimum atomic E-state index is -1.44. The van der Waals surface area contributed by atoms with Crippen molar-refractivity contribution < 1.29 is 14.7 Å². The normalized spacial score (nSPS) is 11.1. The van der Waals surface area contributed by atoms with E-state index in [1.54, 1.807) is 24.3 Å². The number of nitrogens with zero attached hydrogens (tertiary/aromatic N) is 1. The molecule has 1 aromatic heterocycles. The van der Waals surface area contributed by atoms with Gasteiger partial charge in [0.2, 0.25) is 0 Å². The third kappa shape index (κ3) is 2.75. The van der Waals surface area contributed by atoms with Gasteiger partial charge >= 0.3 is 5.97 Å². The van der Waals surface area contributed by atoms with Crippen LogP contribution in [-0.4, -0.2) is 21.4 Å². The first kappa shape index (κ1) is 15.0. The Hall–Kier alpha value is -2.88. The highest BCUT2D eigenvalue weighted by Gasteiger charge is 2.14. The first-order chi connectivity index (χ1) is 11.0. The van der Waals surface area contributed by atoms with Crippen molar-refractivity contribution >= 4 is 22.7 Å². The van der Waals surface area contributed by atoms with Crippen molar-refractivity contribution in [1.29, 1.82) is 0 Å². The number of carboxylic acid groups (broad SMARTS) is 1. The number of rotatable bonds is 4. The quantitative estimate of drug-likeness (QED) is 0.581. The average molecular weight is 307 g/mol. The fourth-order valence-corrected chi connectivity index (χ4v) is 2.73. The third-order valence-corrected chi connectivity index (χ3v) is 3.95. The maximum absolute atomic E-state index is 11.4. The predicted molar refractivity (Wildman–Crippen MR) is 89.7 cm³/mol. The lowest BCUT2D eigenvalue weighted by Gasteiger charge is -2.10. The predicted octanol–water partition coefficient (Wildman–Crippen LogP) is 4.16. The van der Waals surface area contributed by atoms with Crippen LogP contribution in [0.4, 0.5) is 0 Å². The number of benzene rings is 2. The molecule has 0 unspecified atom stereocenters. The second-order valence-electron chi connectivity index (χ2n) is 5.80. The molecule has 1 heterocycles. The molecule has 0 atom stereocenters. The minimum Gasteiger partial charge on any atom is -0.475 e. The first-order valence-electron chi connectivity index (χ1n) is 7.46. The van der Waals surface area contributed by atoms with Crippen molar-refractivity contribution in [1.82, 2.24) is 4.57 Å². The Morgan fingerprint density at radius 3 is 2.22 bits per heavy atom. The largest absolute Gasteiger partial charge is 0.475 e. The topological polar surface area (TPSA) is 59.3 Å². The summed E-state index contributed by atoms with van der Waals surface area (Å²) in [6.45, 7) is 4.29. The Balaban J connectivity index is 1.97. The van der Waals surface area contributed by atoms with Crippen molar-refractivity contribution in [3.63, 3.8) is 0 Å². The van der Waals surface area contributed by atoms with Crippen molar-refractivity contribution in [3.8, 4) is 11.1 Å². The van der Waals surface area contributed by atoms with Gasteiger partial charge in [-0.2, -0.15) is 0 Å². The summed E-state index contributed by atoms with van der Waals surface area (Å²) in [7, 11) is 0. The summed E-state index contributed by atoms with van der Waals surface area (Å²) >= 11 is 0. The summed E-state index contributed by atoms with van der Waals surface area (Å²) in [5.41, 5.74) is 3.36. The van der Waals surface area contributed by atoms with Gasteiger partial charge in [-0.3, -0.25) is 4.79 Å². The summed E-state index contributed by atoms with van der Waals surface area (Å²) in [5.74, 6) is -2.32. The van der Waals surface area contributed by atoms with Gasteiger partial charge in [0.15, 0.2) is 0 Å². The summed E-state index contributed by atoms with van der Waals surface area (Å²) in [6, 6.07) is 15.4.